The molecule has 0 saturated heterocycles. The fraction of sp³-hybridized carbons (Fsp3) is 0.0303. The number of aromatic nitrogens is 2. The van der Waals surface area contributed by atoms with Gasteiger partial charge in [0, 0.05) is 45.8 Å². The molecule has 2 aromatic heterocycles. The third kappa shape index (κ3) is 5.68. The summed E-state index contributed by atoms with van der Waals surface area (Å²) in [5, 5.41) is 0. The fourth-order valence-electron chi connectivity index (χ4n) is 3.67. The SMILES string of the molecule is COc1cc(C#Cc2ccc(-c3ccccn3)cc2)cc(C#Cc2ccc(-c3ccccn3)cc2)c1. The second-order valence-corrected chi connectivity index (χ2v) is 8.03. The molecule has 0 aliphatic heterocycles. The van der Waals surface area contributed by atoms with E-state index < -0.39 is 0 Å². The summed E-state index contributed by atoms with van der Waals surface area (Å²) < 4.78 is 5.48. The Hall–Kier alpha value is -5.12. The fourth-order valence-corrected chi connectivity index (χ4v) is 3.67. The summed E-state index contributed by atoms with van der Waals surface area (Å²) >= 11 is 0. The quantitative estimate of drug-likeness (QED) is 0.283. The standard InChI is InChI=1S/C33H22N2O/c1-36-31-23-27(10-8-25-12-16-29(17-13-25)32-6-2-4-20-34-32)22-28(24-31)11-9-26-14-18-30(19-15-26)33-7-3-5-21-35-33/h2-7,12-24H,1H3. The molecule has 5 aromatic rings. The Balaban J connectivity index is 1.35. The molecule has 0 bridgehead atoms. The summed E-state index contributed by atoms with van der Waals surface area (Å²) in [6.45, 7) is 0. The van der Waals surface area contributed by atoms with Crippen LogP contribution in [0.1, 0.15) is 22.3 Å². The Morgan fingerprint density at radius 1 is 0.500 bits per heavy atom. The van der Waals surface area contributed by atoms with Gasteiger partial charge >= 0.3 is 0 Å². The topological polar surface area (TPSA) is 35.0 Å². The summed E-state index contributed by atoms with van der Waals surface area (Å²) in [5.74, 6) is 13.7. The highest BCUT2D eigenvalue weighted by molar-refractivity contribution is 5.62. The second-order valence-electron chi connectivity index (χ2n) is 8.03. The van der Waals surface area contributed by atoms with E-state index in [1.54, 1.807) is 19.5 Å². The van der Waals surface area contributed by atoms with Gasteiger partial charge in [-0.05, 0) is 66.7 Å². The van der Waals surface area contributed by atoms with E-state index >= 15 is 0 Å². The summed E-state index contributed by atoms with van der Waals surface area (Å²) in [4.78, 5) is 8.79. The highest BCUT2D eigenvalue weighted by atomic mass is 16.5. The monoisotopic (exact) mass is 462 g/mol. The number of benzene rings is 3. The lowest BCUT2D eigenvalue weighted by Crippen LogP contribution is -1.87. The predicted molar refractivity (Wildman–Crippen MR) is 144 cm³/mol. The van der Waals surface area contributed by atoms with E-state index in [-0.39, 0.29) is 0 Å². The molecule has 0 saturated carbocycles. The molecule has 2 heterocycles. The van der Waals surface area contributed by atoms with Crippen LogP contribution in [0, 0.1) is 23.7 Å². The normalized spacial score (nSPS) is 9.92. The van der Waals surface area contributed by atoms with Gasteiger partial charge in [-0.25, -0.2) is 0 Å². The largest absolute Gasteiger partial charge is 0.497 e. The van der Waals surface area contributed by atoms with E-state index in [0.717, 1.165) is 50.5 Å². The molecule has 0 radical (unpaired) electrons. The molecule has 5 rings (SSSR count). The number of nitrogens with zero attached hydrogens (tertiary/aromatic N) is 2. The van der Waals surface area contributed by atoms with Crippen molar-refractivity contribution >= 4 is 0 Å². The minimum absolute atomic E-state index is 0.724. The van der Waals surface area contributed by atoms with E-state index in [1.807, 2.05) is 103 Å². The molecule has 3 heteroatoms. The van der Waals surface area contributed by atoms with E-state index in [1.165, 1.54) is 0 Å². The Labute approximate surface area is 211 Å². The molecule has 170 valence electrons. The number of ether oxygens (including phenoxy) is 1. The summed E-state index contributed by atoms with van der Waals surface area (Å²) in [5.41, 5.74) is 7.56. The lowest BCUT2D eigenvalue weighted by Gasteiger charge is -2.02. The smallest absolute Gasteiger partial charge is 0.121 e. The molecule has 0 amide bonds. The maximum absolute atomic E-state index is 5.48. The molecule has 0 spiro atoms. The van der Waals surface area contributed by atoms with Crippen LogP contribution in [0.2, 0.25) is 0 Å². The van der Waals surface area contributed by atoms with Crippen LogP contribution in [0.25, 0.3) is 22.5 Å². The Bertz CT molecular complexity index is 1470. The van der Waals surface area contributed by atoms with Gasteiger partial charge in [0.25, 0.3) is 0 Å². The maximum atomic E-state index is 5.48. The van der Waals surface area contributed by atoms with Gasteiger partial charge in [0.2, 0.25) is 0 Å². The minimum Gasteiger partial charge on any atom is -0.497 e. The van der Waals surface area contributed by atoms with Crippen molar-refractivity contribution in [3.8, 4) is 51.9 Å². The lowest BCUT2D eigenvalue weighted by molar-refractivity contribution is 0.414. The van der Waals surface area contributed by atoms with E-state index in [0.29, 0.717) is 0 Å². The molecule has 3 nitrogen and oxygen atoms in total. The van der Waals surface area contributed by atoms with Crippen LogP contribution in [0.4, 0.5) is 0 Å². The zero-order chi connectivity index (χ0) is 24.6. The second kappa shape index (κ2) is 10.9. The lowest BCUT2D eigenvalue weighted by atomic mass is 10.1. The summed E-state index contributed by atoms with van der Waals surface area (Å²) in [7, 11) is 1.65. The third-order valence-electron chi connectivity index (χ3n) is 5.54. The molecule has 3 aromatic carbocycles. The Morgan fingerprint density at radius 2 is 0.944 bits per heavy atom. The maximum Gasteiger partial charge on any atom is 0.121 e. The van der Waals surface area contributed by atoms with Gasteiger partial charge in [-0.1, -0.05) is 60.1 Å². The molecule has 0 atom stereocenters. The zero-order valence-corrected chi connectivity index (χ0v) is 19.8. The molecule has 0 N–H and O–H groups in total. The van der Waals surface area contributed by atoms with Crippen molar-refractivity contribution in [1.29, 1.82) is 0 Å². The minimum atomic E-state index is 0.724. The first-order valence-corrected chi connectivity index (χ1v) is 11.5. The first kappa shape index (κ1) is 22.7. The predicted octanol–water partition coefficient (Wildman–Crippen LogP) is 6.62. The Kier molecular flexibility index (Phi) is 6.84. The van der Waals surface area contributed by atoms with Crippen LogP contribution in [0.5, 0.6) is 5.75 Å². The zero-order valence-electron chi connectivity index (χ0n) is 19.8. The van der Waals surface area contributed by atoms with Gasteiger partial charge < -0.3 is 4.74 Å². The van der Waals surface area contributed by atoms with Crippen LogP contribution in [-0.4, -0.2) is 17.1 Å². The van der Waals surface area contributed by atoms with Gasteiger partial charge in [0.15, 0.2) is 0 Å². The van der Waals surface area contributed by atoms with Crippen LogP contribution in [-0.2, 0) is 0 Å². The van der Waals surface area contributed by atoms with Crippen molar-refractivity contribution in [1.82, 2.24) is 9.97 Å². The first-order chi connectivity index (χ1) is 17.8. The Morgan fingerprint density at radius 3 is 1.33 bits per heavy atom. The van der Waals surface area contributed by atoms with Crippen LogP contribution in [0.15, 0.2) is 116 Å². The van der Waals surface area contributed by atoms with Crippen LogP contribution < -0.4 is 4.74 Å². The molecular formula is C33H22N2O. The van der Waals surface area contributed by atoms with Gasteiger partial charge in [-0.3, -0.25) is 9.97 Å². The number of hydrogen-bond acceptors (Lipinski definition) is 3. The van der Waals surface area contributed by atoms with Crippen LogP contribution in [0.3, 0.4) is 0 Å². The van der Waals surface area contributed by atoms with E-state index in [2.05, 4.69) is 33.6 Å². The third-order valence-corrected chi connectivity index (χ3v) is 5.54. The van der Waals surface area contributed by atoms with Crippen molar-refractivity contribution in [2.75, 3.05) is 7.11 Å². The number of hydrogen-bond donors (Lipinski definition) is 0. The van der Waals surface area contributed by atoms with Crippen molar-refractivity contribution in [2.45, 2.75) is 0 Å². The van der Waals surface area contributed by atoms with Gasteiger partial charge in [-0.2, -0.15) is 0 Å². The molecule has 0 aliphatic carbocycles. The average molecular weight is 463 g/mol. The number of methoxy groups -OCH3 is 1. The summed E-state index contributed by atoms with van der Waals surface area (Å²) in [6.07, 6.45) is 3.59. The van der Waals surface area contributed by atoms with Crippen molar-refractivity contribution in [2.24, 2.45) is 0 Å². The van der Waals surface area contributed by atoms with E-state index in [4.69, 9.17) is 4.74 Å². The van der Waals surface area contributed by atoms with Crippen molar-refractivity contribution in [3.63, 3.8) is 0 Å². The number of pyridine rings is 2. The molecule has 0 fully saturated rings. The number of rotatable bonds is 3. The van der Waals surface area contributed by atoms with Gasteiger partial charge in [-0.15, -0.1) is 0 Å². The average Bonchev–Trinajstić information content (AvgIpc) is 2.96. The van der Waals surface area contributed by atoms with E-state index in [9.17, 15) is 0 Å². The van der Waals surface area contributed by atoms with Gasteiger partial charge in [0.05, 0.1) is 18.5 Å². The molecule has 0 unspecified atom stereocenters. The molecule has 0 aliphatic rings. The highest BCUT2D eigenvalue weighted by Crippen LogP contribution is 2.19. The van der Waals surface area contributed by atoms with Crippen LogP contribution >= 0.6 is 0 Å². The molecular weight excluding hydrogens is 440 g/mol. The highest BCUT2D eigenvalue weighted by Gasteiger charge is 2.01. The first-order valence-electron chi connectivity index (χ1n) is 11.5. The van der Waals surface area contributed by atoms with Gasteiger partial charge in [0.1, 0.15) is 5.75 Å². The van der Waals surface area contributed by atoms with Crippen molar-refractivity contribution < 1.29 is 4.74 Å². The van der Waals surface area contributed by atoms with Crippen molar-refractivity contribution in [3.05, 3.63) is 138 Å². The molecule has 36 heavy (non-hydrogen) atoms. The summed E-state index contributed by atoms with van der Waals surface area (Å²) in [6, 6.07) is 33.8.